The average molecular weight is 511 g/mol. The Morgan fingerprint density at radius 1 is 1.22 bits per heavy atom. The molecule has 0 saturated heterocycles. The van der Waals surface area contributed by atoms with Gasteiger partial charge in [0.05, 0.1) is 10.6 Å². The molecule has 2 fully saturated rings. The summed E-state index contributed by atoms with van der Waals surface area (Å²) in [6.07, 6.45) is 7.41. The number of carbonyl (C=O) groups is 2. The standard InChI is InChI=1S/C28H34N2O5S/c1-18-7-9-19(10-8-18)26(31)30(20-14-22(15-20)35-21-6-5-13-29(34)17-21)24-16-23(11-12-28(2,3)4)36-25(24)27(32)33/h5-6,13,16-20,22H,7-10,14-15H2,1-4H3,(H,32,33)/t18-,19-,20-,22-. The van der Waals surface area contributed by atoms with Crippen LogP contribution in [0.5, 0.6) is 5.75 Å². The largest absolute Gasteiger partial charge is 0.619 e. The molecule has 2 aromatic rings. The van der Waals surface area contributed by atoms with E-state index >= 15 is 0 Å². The Bertz CT molecular complexity index is 1170. The third-order valence-electron chi connectivity index (χ3n) is 6.82. The highest BCUT2D eigenvalue weighted by atomic mass is 32.1. The van der Waals surface area contributed by atoms with Crippen molar-refractivity contribution < 1.29 is 24.2 Å². The lowest BCUT2D eigenvalue weighted by atomic mass is 9.80. The van der Waals surface area contributed by atoms with Gasteiger partial charge in [-0.05, 0) is 64.5 Å². The number of nitrogens with zero attached hydrogens (tertiary/aromatic N) is 2. The first-order chi connectivity index (χ1) is 17.0. The monoisotopic (exact) mass is 510 g/mol. The van der Waals surface area contributed by atoms with E-state index in [2.05, 4.69) is 18.8 Å². The van der Waals surface area contributed by atoms with Gasteiger partial charge in [-0.2, -0.15) is 4.73 Å². The highest BCUT2D eigenvalue weighted by Gasteiger charge is 2.42. The molecular weight excluding hydrogens is 476 g/mol. The number of anilines is 1. The lowest BCUT2D eigenvalue weighted by Crippen LogP contribution is -2.54. The van der Waals surface area contributed by atoms with Crippen LogP contribution in [-0.2, 0) is 4.79 Å². The van der Waals surface area contributed by atoms with Crippen molar-refractivity contribution in [2.45, 2.75) is 78.4 Å². The summed E-state index contributed by atoms with van der Waals surface area (Å²) in [5.41, 5.74) is 0.218. The number of carboxylic acid groups (broad SMARTS) is 1. The molecule has 2 aromatic heterocycles. The van der Waals surface area contributed by atoms with Gasteiger partial charge < -0.3 is 20.0 Å². The number of hydrogen-bond acceptors (Lipinski definition) is 5. The maximum atomic E-state index is 13.9. The van der Waals surface area contributed by atoms with Crippen LogP contribution in [0.4, 0.5) is 5.69 Å². The molecule has 0 bridgehead atoms. The van der Waals surface area contributed by atoms with E-state index in [1.165, 1.54) is 12.4 Å². The molecule has 0 aliphatic heterocycles. The molecule has 1 N–H and O–H groups in total. The molecule has 0 unspecified atom stereocenters. The van der Waals surface area contributed by atoms with Crippen LogP contribution < -0.4 is 14.4 Å². The van der Waals surface area contributed by atoms with Crippen molar-refractivity contribution in [2.24, 2.45) is 17.3 Å². The lowest BCUT2D eigenvalue weighted by molar-refractivity contribution is -0.605. The zero-order valence-electron chi connectivity index (χ0n) is 21.3. The Balaban J connectivity index is 1.61. The summed E-state index contributed by atoms with van der Waals surface area (Å²) in [7, 11) is 0. The highest BCUT2D eigenvalue weighted by molar-refractivity contribution is 7.15. The summed E-state index contributed by atoms with van der Waals surface area (Å²) in [5, 5.41) is 21.6. The minimum absolute atomic E-state index is 0.00177. The van der Waals surface area contributed by atoms with E-state index in [1.807, 2.05) is 20.8 Å². The number of aromatic carboxylic acids is 1. The van der Waals surface area contributed by atoms with Gasteiger partial charge in [0.2, 0.25) is 12.1 Å². The van der Waals surface area contributed by atoms with E-state index in [0.29, 0.717) is 39.8 Å². The summed E-state index contributed by atoms with van der Waals surface area (Å²) in [6.45, 7) is 8.22. The maximum Gasteiger partial charge on any atom is 0.348 e. The van der Waals surface area contributed by atoms with Gasteiger partial charge in [0.25, 0.3) is 0 Å². The summed E-state index contributed by atoms with van der Waals surface area (Å²) in [5.74, 6) is 6.20. The number of thiophene rings is 1. The molecule has 2 aliphatic carbocycles. The van der Waals surface area contributed by atoms with Gasteiger partial charge >= 0.3 is 5.97 Å². The second kappa shape index (κ2) is 10.5. The van der Waals surface area contributed by atoms with E-state index in [0.717, 1.165) is 37.0 Å². The van der Waals surface area contributed by atoms with E-state index in [4.69, 9.17) is 4.74 Å². The van der Waals surface area contributed by atoms with Crippen LogP contribution in [0.1, 0.15) is 80.8 Å². The van der Waals surface area contributed by atoms with Crippen molar-refractivity contribution in [3.05, 3.63) is 45.6 Å². The molecule has 2 heterocycles. The SMILES string of the molecule is CC(C)(C)C#Cc1cc(N(C(=O)[C@H]2CC[C@H](C)CC2)[C@H]2C[C@H](Oc3ccc[n+]([O-])c3)C2)c(C(=O)O)s1. The van der Waals surface area contributed by atoms with E-state index in [-0.39, 0.29) is 34.3 Å². The molecule has 0 atom stereocenters. The first-order valence-corrected chi connectivity index (χ1v) is 13.4. The number of rotatable bonds is 6. The van der Waals surface area contributed by atoms with Gasteiger partial charge in [0.15, 0.2) is 11.9 Å². The van der Waals surface area contributed by atoms with Crippen molar-refractivity contribution in [2.75, 3.05) is 4.90 Å². The van der Waals surface area contributed by atoms with Crippen LogP contribution in [0.15, 0.2) is 30.6 Å². The fourth-order valence-electron chi connectivity index (χ4n) is 4.76. The second-order valence-corrected chi connectivity index (χ2v) is 12.1. The van der Waals surface area contributed by atoms with Crippen molar-refractivity contribution >= 4 is 28.9 Å². The number of ether oxygens (including phenoxy) is 1. The molecule has 0 aromatic carbocycles. The molecule has 7 nitrogen and oxygen atoms in total. The van der Waals surface area contributed by atoms with Gasteiger partial charge in [-0.1, -0.05) is 18.8 Å². The quantitative estimate of drug-likeness (QED) is 0.326. The molecule has 192 valence electrons. The number of aromatic nitrogens is 1. The fourth-order valence-corrected chi connectivity index (χ4v) is 5.61. The number of carbonyl (C=O) groups excluding carboxylic acids is 1. The van der Waals surface area contributed by atoms with Crippen LogP contribution in [0.2, 0.25) is 0 Å². The first kappa shape index (κ1) is 26.0. The Morgan fingerprint density at radius 3 is 2.53 bits per heavy atom. The smallest absolute Gasteiger partial charge is 0.348 e. The third kappa shape index (κ3) is 6.19. The van der Waals surface area contributed by atoms with E-state index in [9.17, 15) is 19.9 Å². The molecule has 36 heavy (non-hydrogen) atoms. The predicted molar refractivity (Wildman–Crippen MR) is 139 cm³/mol. The summed E-state index contributed by atoms with van der Waals surface area (Å²) >= 11 is 1.12. The second-order valence-electron chi connectivity index (χ2n) is 11.1. The number of pyridine rings is 1. The van der Waals surface area contributed by atoms with E-state index in [1.54, 1.807) is 23.1 Å². The minimum atomic E-state index is -1.05. The summed E-state index contributed by atoms with van der Waals surface area (Å²) in [4.78, 5) is 28.6. The molecule has 2 saturated carbocycles. The number of hydrogen-bond donors (Lipinski definition) is 1. The molecule has 4 rings (SSSR count). The van der Waals surface area contributed by atoms with Gasteiger partial charge in [0, 0.05) is 36.3 Å². The maximum absolute atomic E-state index is 13.9. The number of carboxylic acids is 1. The first-order valence-electron chi connectivity index (χ1n) is 12.6. The Morgan fingerprint density at radius 2 is 1.92 bits per heavy atom. The normalized spacial score (nSPS) is 23.7. The molecule has 0 spiro atoms. The van der Waals surface area contributed by atoms with Crippen LogP contribution in [-0.4, -0.2) is 29.1 Å². The van der Waals surface area contributed by atoms with Gasteiger partial charge in [-0.3, -0.25) is 4.79 Å². The zero-order chi connectivity index (χ0) is 26.0. The van der Waals surface area contributed by atoms with Crippen LogP contribution in [0, 0.1) is 34.3 Å². The van der Waals surface area contributed by atoms with Gasteiger partial charge in [0.1, 0.15) is 11.0 Å². The summed E-state index contributed by atoms with van der Waals surface area (Å²) in [6, 6.07) is 4.96. The van der Waals surface area contributed by atoms with Crippen LogP contribution >= 0.6 is 11.3 Å². The average Bonchev–Trinajstić information content (AvgIpc) is 3.20. The van der Waals surface area contributed by atoms with Crippen LogP contribution in [0.25, 0.3) is 0 Å². The van der Waals surface area contributed by atoms with Gasteiger partial charge in [-0.15, -0.1) is 11.3 Å². The Kier molecular flexibility index (Phi) is 7.60. The Labute approximate surface area is 216 Å². The molecule has 0 radical (unpaired) electrons. The molecule has 1 amide bonds. The Hall–Kier alpha value is -3.05. The highest BCUT2D eigenvalue weighted by Crippen LogP contribution is 2.40. The van der Waals surface area contributed by atoms with Crippen molar-refractivity contribution in [3.63, 3.8) is 0 Å². The molecule has 2 aliphatic rings. The number of amides is 1. The van der Waals surface area contributed by atoms with Crippen LogP contribution in [0.3, 0.4) is 0 Å². The zero-order valence-corrected chi connectivity index (χ0v) is 22.1. The van der Waals surface area contributed by atoms with Crippen molar-refractivity contribution in [1.29, 1.82) is 0 Å². The van der Waals surface area contributed by atoms with Gasteiger partial charge in [-0.25, -0.2) is 4.79 Å². The lowest BCUT2D eigenvalue weighted by Gasteiger charge is -2.44. The minimum Gasteiger partial charge on any atom is -0.619 e. The van der Waals surface area contributed by atoms with Crippen molar-refractivity contribution in [1.82, 2.24) is 0 Å². The topological polar surface area (TPSA) is 93.8 Å². The summed E-state index contributed by atoms with van der Waals surface area (Å²) < 4.78 is 6.64. The molecule has 8 heteroatoms. The molecular formula is C28H34N2O5S. The van der Waals surface area contributed by atoms with E-state index < -0.39 is 5.97 Å². The fraction of sp³-hybridized carbons (Fsp3) is 0.536. The third-order valence-corrected chi connectivity index (χ3v) is 7.84. The van der Waals surface area contributed by atoms with Crippen molar-refractivity contribution in [3.8, 4) is 17.6 Å². The predicted octanol–water partition coefficient (Wildman–Crippen LogP) is 5.25.